The van der Waals surface area contributed by atoms with E-state index in [1.54, 1.807) is 37.8 Å². The molecular formula is C28H38ClN3O6S. The van der Waals surface area contributed by atoms with E-state index >= 15 is 0 Å². The molecule has 39 heavy (non-hydrogen) atoms. The van der Waals surface area contributed by atoms with E-state index < -0.39 is 35.7 Å². The number of nitrogens with zero attached hydrogens (tertiary/aromatic N) is 1. The fourth-order valence-electron chi connectivity index (χ4n) is 4.30. The normalized spacial score (nSPS) is 17.6. The van der Waals surface area contributed by atoms with Gasteiger partial charge < -0.3 is 30.5 Å². The second-order valence-electron chi connectivity index (χ2n) is 10.3. The van der Waals surface area contributed by atoms with Crippen LogP contribution in [0.25, 0.3) is 11.1 Å². The summed E-state index contributed by atoms with van der Waals surface area (Å²) in [6, 6.07) is 13.4. The molecule has 3 rings (SSSR count). The van der Waals surface area contributed by atoms with Gasteiger partial charge in [-0.05, 0) is 74.9 Å². The van der Waals surface area contributed by atoms with Gasteiger partial charge in [-0.2, -0.15) is 11.8 Å². The third kappa shape index (κ3) is 9.33. The SMILES string of the molecule is CSCCC(NC(=O)c1ccc(NC[C@@H]2C[C@@H](O)CN2C(=O)OC(C)(C)C)cc1-c1ccccc1)C(=O)O.Cl. The van der Waals surface area contributed by atoms with Gasteiger partial charge in [-0.25, -0.2) is 9.59 Å². The Bertz CT molecular complexity index is 1130. The number of ether oxygens (including phenoxy) is 1. The average Bonchev–Trinajstić information content (AvgIpc) is 3.25. The Morgan fingerprint density at radius 3 is 2.46 bits per heavy atom. The molecule has 1 aliphatic heterocycles. The van der Waals surface area contributed by atoms with Crippen molar-refractivity contribution < 1.29 is 29.3 Å². The molecule has 1 heterocycles. The van der Waals surface area contributed by atoms with Crippen LogP contribution in [0.2, 0.25) is 0 Å². The summed E-state index contributed by atoms with van der Waals surface area (Å²) in [5.41, 5.74) is 1.91. The lowest BCUT2D eigenvalue weighted by atomic mass is 9.98. The molecule has 0 radical (unpaired) electrons. The fraction of sp³-hybridized carbons (Fsp3) is 0.464. The summed E-state index contributed by atoms with van der Waals surface area (Å²) in [6.07, 6.45) is 1.54. The summed E-state index contributed by atoms with van der Waals surface area (Å²) in [5, 5.41) is 25.7. The number of β-amino-alcohol motifs (C(OH)–C–C–N with tert-alkyl or cyclic N) is 1. The van der Waals surface area contributed by atoms with E-state index in [-0.39, 0.29) is 25.0 Å². The molecule has 1 fully saturated rings. The first kappa shape index (κ1) is 32.3. The number of benzene rings is 2. The van der Waals surface area contributed by atoms with Crippen LogP contribution in [-0.2, 0) is 9.53 Å². The summed E-state index contributed by atoms with van der Waals surface area (Å²) in [5.74, 6) is -0.916. The molecule has 3 atom stereocenters. The average molecular weight is 580 g/mol. The highest BCUT2D eigenvalue weighted by atomic mass is 35.5. The Morgan fingerprint density at radius 2 is 1.85 bits per heavy atom. The Morgan fingerprint density at radius 1 is 1.15 bits per heavy atom. The van der Waals surface area contributed by atoms with E-state index in [0.717, 1.165) is 11.3 Å². The Labute approximate surface area is 240 Å². The van der Waals surface area contributed by atoms with Crippen molar-refractivity contribution in [2.75, 3.05) is 30.4 Å². The topological polar surface area (TPSA) is 128 Å². The van der Waals surface area contributed by atoms with Crippen molar-refractivity contribution in [1.82, 2.24) is 10.2 Å². The van der Waals surface area contributed by atoms with Gasteiger partial charge >= 0.3 is 12.1 Å². The van der Waals surface area contributed by atoms with E-state index in [1.165, 1.54) is 11.8 Å². The van der Waals surface area contributed by atoms with E-state index in [9.17, 15) is 24.6 Å². The quantitative estimate of drug-likeness (QED) is 0.324. The van der Waals surface area contributed by atoms with Gasteiger partial charge in [-0.3, -0.25) is 4.79 Å². The summed E-state index contributed by atoms with van der Waals surface area (Å²) < 4.78 is 5.50. The van der Waals surface area contributed by atoms with Crippen LogP contribution in [0.1, 0.15) is 44.0 Å². The highest BCUT2D eigenvalue weighted by Crippen LogP contribution is 2.28. The zero-order valence-corrected chi connectivity index (χ0v) is 24.3. The molecule has 0 spiro atoms. The number of rotatable bonds is 10. The number of nitrogens with one attached hydrogen (secondary N) is 2. The van der Waals surface area contributed by atoms with Crippen molar-refractivity contribution in [2.24, 2.45) is 0 Å². The van der Waals surface area contributed by atoms with Gasteiger partial charge in [0.25, 0.3) is 5.91 Å². The molecule has 1 aliphatic rings. The maximum Gasteiger partial charge on any atom is 0.410 e. The summed E-state index contributed by atoms with van der Waals surface area (Å²) in [4.78, 5) is 39.1. The predicted octanol–water partition coefficient (Wildman–Crippen LogP) is 4.49. The predicted molar refractivity (Wildman–Crippen MR) is 157 cm³/mol. The molecule has 0 aliphatic carbocycles. The van der Waals surface area contributed by atoms with Gasteiger partial charge in [0.1, 0.15) is 11.6 Å². The van der Waals surface area contributed by atoms with E-state index in [2.05, 4.69) is 10.6 Å². The minimum absolute atomic E-state index is 0. The molecule has 4 N–H and O–H groups in total. The van der Waals surface area contributed by atoms with Crippen molar-refractivity contribution in [3.8, 4) is 11.1 Å². The van der Waals surface area contributed by atoms with Crippen LogP contribution in [0.3, 0.4) is 0 Å². The van der Waals surface area contributed by atoms with Crippen LogP contribution in [0.15, 0.2) is 48.5 Å². The number of aliphatic carboxylic acids is 1. The van der Waals surface area contributed by atoms with Gasteiger partial charge in [-0.1, -0.05) is 30.3 Å². The highest BCUT2D eigenvalue weighted by Gasteiger charge is 2.36. The van der Waals surface area contributed by atoms with E-state index in [0.29, 0.717) is 36.3 Å². The minimum atomic E-state index is -1.07. The van der Waals surface area contributed by atoms with Crippen LogP contribution < -0.4 is 10.6 Å². The lowest BCUT2D eigenvalue weighted by Gasteiger charge is -2.28. The van der Waals surface area contributed by atoms with Crippen molar-refractivity contribution in [2.45, 2.75) is 57.4 Å². The molecule has 1 saturated heterocycles. The molecule has 0 aromatic heterocycles. The Balaban J connectivity index is 0.00000533. The second kappa shape index (κ2) is 14.4. The zero-order chi connectivity index (χ0) is 27.9. The number of carboxylic acids is 1. The Kier molecular flexibility index (Phi) is 11.9. The van der Waals surface area contributed by atoms with Crippen molar-refractivity contribution in [1.29, 1.82) is 0 Å². The number of amides is 2. The second-order valence-corrected chi connectivity index (χ2v) is 11.3. The molecule has 2 aromatic rings. The van der Waals surface area contributed by atoms with Gasteiger partial charge in [-0.15, -0.1) is 12.4 Å². The molecule has 1 unspecified atom stereocenters. The standard InChI is InChI=1S/C28H37N3O6S.ClH/c1-28(2,3)37-27(36)31-17-21(32)15-20(31)16-29-19-10-11-22(23(14-19)18-8-6-5-7-9-18)25(33)30-24(26(34)35)12-13-38-4;/h5-11,14,20-21,24,29,32H,12-13,15-17H2,1-4H3,(H,30,33)(H,34,35);1H/t20-,21+,24?;/m0./s1. The monoisotopic (exact) mass is 579 g/mol. The smallest absolute Gasteiger partial charge is 0.410 e. The van der Waals surface area contributed by atoms with Crippen molar-refractivity contribution in [3.05, 3.63) is 54.1 Å². The molecule has 2 aromatic carbocycles. The van der Waals surface area contributed by atoms with E-state index in [4.69, 9.17) is 4.74 Å². The van der Waals surface area contributed by atoms with Gasteiger partial charge in [0.2, 0.25) is 0 Å². The van der Waals surface area contributed by atoms with E-state index in [1.807, 2.05) is 42.7 Å². The lowest BCUT2D eigenvalue weighted by molar-refractivity contribution is -0.139. The maximum atomic E-state index is 13.2. The van der Waals surface area contributed by atoms with Crippen molar-refractivity contribution in [3.63, 3.8) is 0 Å². The number of likely N-dealkylation sites (tertiary alicyclic amines) is 1. The maximum absolute atomic E-state index is 13.2. The minimum Gasteiger partial charge on any atom is -0.480 e. The lowest BCUT2D eigenvalue weighted by Crippen LogP contribution is -2.42. The van der Waals surface area contributed by atoms with Crippen LogP contribution in [-0.4, -0.2) is 82.0 Å². The molecule has 0 bridgehead atoms. The number of aliphatic hydroxyl groups excluding tert-OH is 1. The van der Waals surface area contributed by atoms with Gasteiger partial charge in [0.15, 0.2) is 0 Å². The number of aliphatic hydroxyl groups is 1. The first-order chi connectivity index (χ1) is 18.0. The zero-order valence-electron chi connectivity index (χ0n) is 22.7. The summed E-state index contributed by atoms with van der Waals surface area (Å²) in [6.45, 7) is 5.99. The first-order valence-corrected chi connectivity index (χ1v) is 14.0. The summed E-state index contributed by atoms with van der Waals surface area (Å²) in [7, 11) is 0. The number of thioether (sulfide) groups is 1. The number of anilines is 1. The summed E-state index contributed by atoms with van der Waals surface area (Å²) >= 11 is 1.52. The number of halogens is 1. The number of hydrogen-bond acceptors (Lipinski definition) is 7. The third-order valence-electron chi connectivity index (χ3n) is 6.13. The van der Waals surface area contributed by atoms with Crippen molar-refractivity contribution >= 4 is 47.8 Å². The fourth-order valence-corrected chi connectivity index (χ4v) is 4.77. The van der Waals surface area contributed by atoms with Crippen LogP contribution in [0, 0.1) is 0 Å². The van der Waals surface area contributed by atoms with Crippen LogP contribution >= 0.6 is 24.2 Å². The molecule has 11 heteroatoms. The number of hydrogen-bond donors (Lipinski definition) is 4. The molecule has 9 nitrogen and oxygen atoms in total. The third-order valence-corrected chi connectivity index (χ3v) is 6.77. The van der Waals surface area contributed by atoms with Crippen LogP contribution in [0.5, 0.6) is 0 Å². The molecule has 214 valence electrons. The highest BCUT2D eigenvalue weighted by molar-refractivity contribution is 7.98. The van der Waals surface area contributed by atoms with Gasteiger partial charge in [0.05, 0.1) is 18.7 Å². The number of carboxylic acid groups (broad SMARTS) is 1. The molecular weight excluding hydrogens is 542 g/mol. The number of carbonyl (C=O) groups excluding carboxylic acids is 2. The van der Waals surface area contributed by atoms with Crippen LogP contribution in [0.4, 0.5) is 10.5 Å². The Hall–Kier alpha value is -2.95. The first-order valence-electron chi connectivity index (χ1n) is 12.6. The molecule has 0 saturated carbocycles. The molecule has 2 amide bonds. The largest absolute Gasteiger partial charge is 0.480 e. The number of carbonyl (C=O) groups is 3. The van der Waals surface area contributed by atoms with Gasteiger partial charge in [0, 0.05) is 17.8 Å².